The van der Waals surface area contributed by atoms with Gasteiger partial charge in [-0.25, -0.2) is 0 Å². The lowest BCUT2D eigenvalue weighted by molar-refractivity contribution is 0.235. The van der Waals surface area contributed by atoms with E-state index in [2.05, 4.69) is 23.7 Å². The Labute approximate surface area is 78.7 Å². The second-order valence-electron chi connectivity index (χ2n) is 3.22. The average molecular weight is 175 g/mol. The van der Waals surface area contributed by atoms with Crippen LogP contribution in [0.15, 0.2) is 29.8 Å². The first kappa shape index (κ1) is 9.44. The van der Waals surface area contributed by atoms with E-state index in [4.69, 9.17) is 5.26 Å². The molecule has 1 heterocycles. The van der Waals surface area contributed by atoms with Gasteiger partial charge in [-0.05, 0) is 13.8 Å². The smallest absolute Gasteiger partial charge is 0.137 e. The van der Waals surface area contributed by atoms with E-state index in [0.717, 1.165) is 5.57 Å². The van der Waals surface area contributed by atoms with Crippen LogP contribution in [0.1, 0.15) is 13.8 Å². The Morgan fingerprint density at radius 3 is 2.77 bits per heavy atom. The Hall–Kier alpha value is -1.65. The highest BCUT2D eigenvalue weighted by Crippen LogP contribution is 2.27. The first-order chi connectivity index (χ1) is 6.06. The van der Waals surface area contributed by atoms with Crippen molar-refractivity contribution in [2.24, 2.45) is 0 Å². The monoisotopic (exact) mass is 175 g/mol. The van der Waals surface area contributed by atoms with Crippen LogP contribution in [0.5, 0.6) is 0 Å². The van der Waals surface area contributed by atoms with E-state index in [-0.39, 0.29) is 5.66 Å². The molecule has 1 N–H and O–H groups in total. The van der Waals surface area contributed by atoms with Crippen LogP contribution in [0.2, 0.25) is 0 Å². The molecule has 0 fully saturated rings. The van der Waals surface area contributed by atoms with Crippen LogP contribution in [0.4, 0.5) is 0 Å². The lowest BCUT2D eigenvalue weighted by Gasteiger charge is -2.34. The van der Waals surface area contributed by atoms with Crippen molar-refractivity contribution in [1.82, 2.24) is 10.2 Å². The second-order valence-corrected chi connectivity index (χ2v) is 3.22. The van der Waals surface area contributed by atoms with Gasteiger partial charge in [0.2, 0.25) is 0 Å². The Bertz CT molecular complexity index is 342. The molecule has 0 aromatic heterocycles. The SMILES string of the molecule is C=C=C(C)C1(C)NC=C(C#N)N1C. The Balaban J connectivity index is 3.04. The second kappa shape index (κ2) is 3.01. The molecule has 68 valence electrons. The lowest BCUT2D eigenvalue weighted by Crippen LogP contribution is -2.48. The summed E-state index contributed by atoms with van der Waals surface area (Å²) in [4.78, 5) is 1.88. The molecule has 0 aliphatic carbocycles. The zero-order chi connectivity index (χ0) is 10.1. The maximum absolute atomic E-state index is 8.78. The number of nitrogens with zero attached hydrogens (tertiary/aromatic N) is 2. The molecular formula is C10H13N3. The van der Waals surface area contributed by atoms with Crippen LogP contribution in [0.3, 0.4) is 0 Å². The molecule has 0 radical (unpaired) electrons. The fourth-order valence-electron chi connectivity index (χ4n) is 1.28. The van der Waals surface area contributed by atoms with E-state index in [9.17, 15) is 0 Å². The minimum Gasteiger partial charge on any atom is -0.363 e. The quantitative estimate of drug-likeness (QED) is 0.611. The molecule has 13 heavy (non-hydrogen) atoms. The van der Waals surface area contributed by atoms with E-state index < -0.39 is 0 Å². The lowest BCUT2D eigenvalue weighted by atomic mass is 10.0. The Kier molecular flexibility index (Phi) is 2.18. The summed E-state index contributed by atoms with van der Waals surface area (Å²) in [5, 5.41) is 11.9. The predicted octanol–water partition coefficient (Wildman–Crippen LogP) is 1.33. The molecule has 0 aromatic rings. The van der Waals surface area contributed by atoms with E-state index in [1.807, 2.05) is 25.8 Å². The van der Waals surface area contributed by atoms with Gasteiger partial charge in [0.1, 0.15) is 17.4 Å². The number of nitrogens with one attached hydrogen (secondary N) is 1. The van der Waals surface area contributed by atoms with Crippen LogP contribution in [0, 0.1) is 11.3 Å². The van der Waals surface area contributed by atoms with Gasteiger partial charge in [-0.2, -0.15) is 5.26 Å². The van der Waals surface area contributed by atoms with E-state index in [1.54, 1.807) is 6.20 Å². The molecule has 0 aromatic carbocycles. The van der Waals surface area contributed by atoms with Crippen LogP contribution < -0.4 is 5.32 Å². The first-order valence-electron chi connectivity index (χ1n) is 4.05. The van der Waals surface area contributed by atoms with Gasteiger partial charge in [-0.15, -0.1) is 5.73 Å². The number of allylic oxidation sites excluding steroid dienone is 1. The Morgan fingerprint density at radius 2 is 2.38 bits per heavy atom. The summed E-state index contributed by atoms with van der Waals surface area (Å²) in [6.45, 7) is 7.52. The van der Waals surface area contributed by atoms with E-state index in [1.165, 1.54) is 0 Å². The van der Waals surface area contributed by atoms with Crippen LogP contribution in [-0.4, -0.2) is 17.6 Å². The molecule has 0 spiro atoms. The van der Waals surface area contributed by atoms with Crippen LogP contribution in [-0.2, 0) is 0 Å². The molecule has 1 unspecified atom stereocenters. The molecule has 1 atom stereocenters. The summed E-state index contributed by atoms with van der Waals surface area (Å²) in [6, 6.07) is 2.11. The van der Waals surface area contributed by atoms with E-state index in [0.29, 0.717) is 5.70 Å². The summed E-state index contributed by atoms with van der Waals surface area (Å²) >= 11 is 0. The predicted molar refractivity (Wildman–Crippen MR) is 51.3 cm³/mol. The Morgan fingerprint density at radius 1 is 1.77 bits per heavy atom. The first-order valence-corrected chi connectivity index (χ1v) is 4.05. The van der Waals surface area contributed by atoms with Crippen molar-refractivity contribution in [3.05, 3.63) is 29.8 Å². The summed E-state index contributed by atoms with van der Waals surface area (Å²) in [5.41, 5.74) is 4.08. The number of nitriles is 1. The van der Waals surface area contributed by atoms with Crippen molar-refractivity contribution < 1.29 is 0 Å². The highest BCUT2D eigenvalue weighted by Gasteiger charge is 2.36. The third-order valence-corrected chi connectivity index (χ3v) is 2.63. The fourth-order valence-corrected chi connectivity index (χ4v) is 1.28. The summed E-state index contributed by atoms with van der Waals surface area (Å²) < 4.78 is 0. The topological polar surface area (TPSA) is 39.1 Å². The molecular weight excluding hydrogens is 162 g/mol. The van der Waals surface area contributed by atoms with Gasteiger partial charge in [0, 0.05) is 18.8 Å². The summed E-state index contributed by atoms with van der Waals surface area (Å²) in [5.74, 6) is 0. The average Bonchev–Trinajstić information content (AvgIpc) is 2.43. The van der Waals surface area contributed by atoms with Crippen molar-refractivity contribution in [2.75, 3.05) is 7.05 Å². The normalized spacial score (nSPS) is 25.7. The summed E-state index contributed by atoms with van der Waals surface area (Å²) in [6.07, 6.45) is 1.71. The van der Waals surface area contributed by atoms with Gasteiger partial charge in [0.15, 0.2) is 0 Å². The van der Waals surface area contributed by atoms with Gasteiger partial charge >= 0.3 is 0 Å². The summed E-state index contributed by atoms with van der Waals surface area (Å²) in [7, 11) is 1.87. The van der Waals surface area contributed by atoms with E-state index >= 15 is 0 Å². The van der Waals surface area contributed by atoms with Gasteiger partial charge in [0.05, 0.1) is 0 Å². The van der Waals surface area contributed by atoms with Crippen LogP contribution >= 0.6 is 0 Å². The molecule has 1 aliphatic heterocycles. The van der Waals surface area contributed by atoms with Gasteiger partial charge in [-0.1, -0.05) is 6.58 Å². The molecule has 1 aliphatic rings. The van der Waals surface area contributed by atoms with Gasteiger partial charge in [-0.3, -0.25) is 0 Å². The maximum atomic E-state index is 8.78. The third-order valence-electron chi connectivity index (χ3n) is 2.63. The molecule has 3 heteroatoms. The molecule has 1 rings (SSSR count). The molecule has 3 nitrogen and oxygen atoms in total. The van der Waals surface area contributed by atoms with Crippen molar-refractivity contribution >= 4 is 0 Å². The maximum Gasteiger partial charge on any atom is 0.137 e. The fraction of sp³-hybridized carbons (Fsp3) is 0.400. The zero-order valence-corrected chi connectivity index (χ0v) is 8.18. The van der Waals surface area contributed by atoms with Gasteiger partial charge in [0.25, 0.3) is 0 Å². The van der Waals surface area contributed by atoms with Crippen molar-refractivity contribution in [3.63, 3.8) is 0 Å². The van der Waals surface area contributed by atoms with Gasteiger partial charge < -0.3 is 10.2 Å². The number of rotatable bonds is 1. The highest BCUT2D eigenvalue weighted by atomic mass is 15.3. The number of hydrogen-bond acceptors (Lipinski definition) is 3. The van der Waals surface area contributed by atoms with Crippen LogP contribution in [0.25, 0.3) is 0 Å². The minimum atomic E-state index is -0.354. The minimum absolute atomic E-state index is 0.354. The molecule has 0 amide bonds. The van der Waals surface area contributed by atoms with Crippen molar-refractivity contribution in [1.29, 1.82) is 5.26 Å². The third kappa shape index (κ3) is 1.22. The molecule has 0 saturated carbocycles. The largest absolute Gasteiger partial charge is 0.363 e. The zero-order valence-electron chi connectivity index (χ0n) is 8.18. The number of hydrogen-bond donors (Lipinski definition) is 1. The molecule has 0 bridgehead atoms. The van der Waals surface area contributed by atoms with Crippen molar-refractivity contribution in [2.45, 2.75) is 19.5 Å². The highest BCUT2D eigenvalue weighted by molar-refractivity contribution is 5.31. The molecule has 0 saturated heterocycles. The number of likely N-dealkylation sites (N-methyl/N-ethyl adjacent to an activating group) is 1. The van der Waals surface area contributed by atoms with Crippen molar-refractivity contribution in [3.8, 4) is 6.07 Å². The standard InChI is InChI=1S/C10H13N3/c1-5-8(2)10(3)12-7-9(6-11)13(10)4/h7,12H,1H2,2-4H3.